The van der Waals surface area contributed by atoms with Gasteiger partial charge in [0.05, 0.1) is 0 Å². The molecular formula is C5H14BNO2. The molecule has 54 valence electrons. The molecule has 0 aliphatic rings. The molecule has 0 aliphatic heterocycles. The monoisotopic (exact) mass is 131 g/mol. The van der Waals surface area contributed by atoms with Gasteiger partial charge in [-0.15, -0.1) is 0 Å². The molecule has 1 unspecified atom stereocenters. The molecule has 3 nitrogen and oxygen atoms in total. The first-order chi connectivity index (χ1) is 4.04. The highest BCUT2D eigenvalue weighted by molar-refractivity contribution is 6.43. The zero-order valence-electron chi connectivity index (χ0n) is 5.91. The number of hydrogen-bond acceptors (Lipinski definition) is 3. The average Bonchev–Trinajstić information content (AvgIpc) is 1.63. The SMILES string of the molecule is CC(C)CC(N)B(O)O. The molecule has 0 rings (SSSR count). The number of rotatable bonds is 3. The van der Waals surface area contributed by atoms with Gasteiger partial charge >= 0.3 is 7.12 Å². The Bertz CT molecular complexity index is 77.4. The quantitative estimate of drug-likeness (QED) is 0.447. The summed E-state index contributed by atoms with van der Waals surface area (Å²) in [7, 11) is -1.37. The van der Waals surface area contributed by atoms with Crippen molar-refractivity contribution >= 4 is 7.12 Å². The lowest BCUT2D eigenvalue weighted by Gasteiger charge is -2.11. The van der Waals surface area contributed by atoms with Crippen LogP contribution in [0.1, 0.15) is 20.3 Å². The van der Waals surface area contributed by atoms with Gasteiger partial charge in [-0.3, -0.25) is 0 Å². The Kier molecular flexibility index (Phi) is 3.85. The second-order valence-electron chi connectivity index (χ2n) is 2.71. The second-order valence-corrected chi connectivity index (χ2v) is 2.71. The highest BCUT2D eigenvalue weighted by Crippen LogP contribution is 2.02. The Morgan fingerprint density at radius 3 is 2.00 bits per heavy atom. The smallest absolute Gasteiger partial charge is 0.426 e. The van der Waals surface area contributed by atoms with Gasteiger partial charge in [-0.25, -0.2) is 0 Å². The fraction of sp³-hybridized carbons (Fsp3) is 1.00. The molecule has 0 aromatic heterocycles. The predicted octanol–water partition coefficient (Wildman–Crippen LogP) is -0.628. The molecule has 0 fully saturated rings. The molecule has 4 N–H and O–H groups in total. The first-order valence-corrected chi connectivity index (χ1v) is 3.15. The van der Waals surface area contributed by atoms with Gasteiger partial charge < -0.3 is 15.8 Å². The molecule has 0 radical (unpaired) electrons. The lowest BCUT2D eigenvalue weighted by Crippen LogP contribution is -2.39. The average molecular weight is 131 g/mol. The van der Waals surface area contributed by atoms with Gasteiger partial charge in [-0.2, -0.15) is 0 Å². The summed E-state index contributed by atoms with van der Waals surface area (Å²) in [6.45, 7) is 3.98. The second kappa shape index (κ2) is 3.87. The van der Waals surface area contributed by atoms with E-state index in [9.17, 15) is 0 Å². The van der Waals surface area contributed by atoms with Crippen LogP contribution >= 0.6 is 0 Å². The third-order valence-corrected chi connectivity index (χ3v) is 1.13. The Labute approximate surface area is 56.0 Å². The molecule has 0 saturated heterocycles. The molecule has 0 aliphatic carbocycles. The molecule has 0 amide bonds. The molecule has 9 heavy (non-hydrogen) atoms. The van der Waals surface area contributed by atoms with E-state index in [-0.39, 0.29) is 0 Å². The Morgan fingerprint density at radius 2 is 1.89 bits per heavy atom. The van der Waals surface area contributed by atoms with Gasteiger partial charge in [0, 0.05) is 5.94 Å². The van der Waals surface area contributed by atoms with Gasteiger partial charge in [0.1, 0.15) is 0 Å². The van der Waals surface area contributed by atoms with Gasteiger partial charge in [-0.05, 0) is 12.3 Å². The summed E-state index contributed by atoms with van der Waals surface area (Å²) in [6.07, 6.45) is 0.650. The molecule has 0 spiro atoms. The van der Waals surface area contributed by atoms with E-state index in [1.165, 1.54) is 0 Å². The zero-order chi connectivity index (χ0) is 7.44. The van der Waals surface area contributed by atoms with E-state index in [4.69, 9.17) is 15.8 Å². The van der Waals surface area contributed by atoms with Crippen molar-refractivity contribution in [2.75, 3.05) is 0 Å². The Hall–Kier alpha value is -0.0551. The zero-order valence-corrected chi connectivity index (χ0v) is 5.91. The molecule has 0 bridgehead atoms. The third-order valence-electron chi connectivity index (χ3n) is 1.13. The fourth-order valence-corrected chi connectivity index (χ4v) is 0.666. The maximum Gasteiger partial charge on any atom is 0.469 e. The minimum Gasteiger partial charge on any atom is -0.426 e. The van der Waals surface area contributed by atoms with Crippen molar-refractivity contribution < 1.29 is 10.0 Å². The lowest BCUT2D eigenvalue weighted by molar-refractivity contribution is 0.371. The van der Waals surface area contributed by atoms with Crippen molar-refractivity contribution in [3.05, 3.63) is 0 Å². The normalized spacial score (nSPS) is 14.0. The van der Waals surface area contributed by atoms with E-state index in [1.54, 1.807) is 0 Å². The molecule has 0 aromatic rings. The standard InChI is InChI=1S/C5H14BNO2/c1-4(2)3-5(7)6(8)9/h4-5,8-9H,3,7H2,1-2H3. The predicted molar refractivity (Wildman–Crippen MR) is 37.6 cm³/mol. The van der Waals surface area contributed by atoms with E-state index in [1.807, 2.05) is 13.8 Å². The van der Waals surface area contributed by atoms with Crippen molar-refractivity contribution in [3.8, 4) is 0 Å². The molecule has 0 saturated carbocycles. The van der Waals surface area contributed by atoms with Crippen LogP contribution in [-0.2, 0) is 0 Å². The van der Waals surface area contributed by atoms with E-state index in [0.29, 0.717) is 12.3 Å². The fourth-order valence-electron chi connectivity index (χ4n) is 0.666. The summed E-state index contributed by atoms with van der Waals surface area (Å²) >= 11 is 0. The molecular weight excluding hydrogens is 117 g/mol. The van der Waals surface area contributed by atoms with Gasteiger partial charge in [-0.1, -0.05) is 13.8 Å². The molecule has 4 heteroatoms. The topological polar surface area (TPSA) is 66.5 Å². The summed E-state index contributed by atoms with van der Waals surface area (Å²) in [6, 6.07) is 0. The minimum atomic E-state index is -1.37. The molecule has 0 heterocycles. The van der Waals surface area contributed by atoms with Crippen LogP contribution in [0.25, 0.3) is 0 Å². The Balaban J connectivity index is 3.38. The number of nitrogens with two attached hydrogens (primary N) is 1. The van der Waals surface area contributed by atoms with Crippen molar-refractivity contribution in [2.24, 2.45) is 11.7 Å². The van der Waals surface area contributed by atoms with Crippen LogP contribution in [0.4, 0.5) is 0 Å². The van der Waals surface area contributed by atoms with Crippen LogP contribution in [-0.4, -0.2) is 23.1 Å². The van der Waals surface area contributed by atoms with Crippen molar-refractivity contribution in [1.82, 2.24) is 0 Å². The lowest BCUT2D eigenvalue weighted by atomic mass is 9.76. The summed E-state index contributed by atoms with van der Waals surface area (Å²) in [5, 5.41) is 17.0. The van der Waals surface area contributed by atoms with Crippen LogP contribution in [0.2, 0.25) is 0 Å². The van der Waals surface area contributed by atoms with Crippen LogP contribution in [0.3, 0.4) is 0 Å². The number of hydrogen-bond donors (Lipinski definition) is 3. The molecule has 1 atom stereocenters. The van der Waals surface area contributed by atoms with Crippen molar-refractivity contribution in [3.63, 3.8) is 0 Å². The maximum absolute atomic E-state index is 8.50. The molecule has 0 aromatic carbocycles. The van der Waals surface area contributed by atoms with Gasteiger partial charge in [0.15, 0.2) is 0 Å². The van der Waals surface area contributed by atoms with Crippen LogP contribution in [0.5, 0.6) is 0 Å². The van der Waals surface area contributed by atoms with E-state index in [2.05, 4.69) is 0 Å². The summed E-state index contributed by atoms with van der Waals surface area (Å²) in [5.74, 6) is -0.0770. The van der Waals surface area contributed by atoms with Gasteiger partial charge in [0.25, 0.3) is 0 Å². The van der Waals surface area contributed by atoms with E-state index >= 15 is 0 Å². The van der Waals surface area contributed by atoms with Crippen molar-refractivity contribution in [1.29, 1.82) is 0 Å². The largest absolute Gasteiger partial charge is 0.469 e. The van der Waals surface area contributed by atoms with Crippen LogP contribution < -0.4 is 5.73 Å². The highest BCUT2D eigenvalue weighted by atomic mass is 16.4. The summed E-state index contributed by atoms with van der Waals surface area (Å²) < 4.78 is 0. The first kappa shape index (κ1) is 8.94. The summed E-state index contributed by atoms with van der Waals surface area (Å²) in [4.78, 5) is 0. The van der Waals surface area contributed by atoms with Crippen molar-refractivity contribution in [2.45, 2.75) is 26.2 Å². The maximum atomic E-state index is 8.50. The highest BCUT2D eigenvalue weighted by Gasteiger charge is 2.18. The first-order valence-electron chi connectivity index (χ1n) is 3.15. The van der Waals surface area contributed by atoms with E-state index < -0.39 is 13.1 Å². The summed E-state index contributed by atoms with van der Waals surface area (Å²) in [5.41, 5.74) is 5.32. The van der Waals surface area contributed by atoms with Crippen LogP contribution in [0.15, 0.2) is 0 Å². The minimum absolute atomic E-state index is 0.418. The van der Waals surface area contributed by atoms with E-state index in [0.717, 1.165) is 0 Å². The third kappa shape index (κ3) is 4.45. The van der Waals surface area contributed by atoms with Crippen LogP contribution in [0, 0.1) is 5.92 Å². The Morgan fingerprint density at radius 1 is 1.44 bits per heavy atom. The van der Waals surface area contributed by atoms with Gasteiger partial charge in [0.2, 0.25) is 0 Å².